The van der Waals surface area contributed by atoms with Gasteiger partial charge < -0.3 is 19.6 Å². The van der Waals surface area contributed by atoms with Crippen LogP contribution in [-0.2, 0) is 0 Å². The van der Waals surface area contributed by atoms with E-state index >= 15 is 0 Å². The van der Waals surface area contributed by atoms with E-state index in [1.54, 1.807) is 30.3 Å². The maximum absolute atomic E-state index is 12.5. The molecule has 2 aromatic rings. The lowest BCUT2D eigenvalue weighted by molar-refractivity contribution is -0.0506. The van der Waals surface area contributed by atoms with Gasteiger partial charge in [-0.3, -0.25) is 0 Å². The molecule has 0 bridgehead atoms. The van der Waals surface area contributed by atoms with E-state index in [1.807, 2.05) is 13.8 Å². The number of hydrogen-bond acceptors (Lipinski definition) is 4. The van der Waals surface area contributed by atoms with Crippen molar-refractivity contribution in [2.45, 2.75) is 45.1 Å². The van der Waals surface area contributed by atoms with Crippen LogP contribution in [0.4, 0.5) is 8.78 Å². The third-order valence-electron chi connectivity index (χ3n) is 3.58. The molecule has 1 aromatic carbocycles. The van der Waals surface area contributed by atoms with Gasteiger partial charge in [0.15, 0.2) is 0 Å². The van der Waals surface area contributed by atoms with Crippen LogP contribution in [0.3, 0.4) is 0 Å². The number of rotatable bonds is 8. The van der Waals surface area contributed by atoms with E-state index in [4.69, 9.17) is 4.42 Å². The summed E-state index contributed by atoms with van der Waals surface area (Å²) in [5.74, 6) is 0.661. The number of ether oxygens (including phenoxy) is 1. The molecule has 0 aliphatic rings. The largest absolute Gasteiger partial charge is 0.467 e. The minimum absolute atomic E-state index is 0.0512. The summed E-state index contributed by atoms with van der Waals surface area (Å²) in [6, 6.07) is 9.86. The van der Waals surface area contributed by atoms with Gasteiger partial charge in [-0.05, 0) is 38.5 Å². The zero-order valence-corrected chi connectivity index (χ0v) is 13.1. The van der Waals surface area contributed by atoms with Crippen molar-refractivity contribution in [3.8, 4) is 5.75 Å². The fourth-order valence-electron chi connectivity index (χ4n) is 2.56. The first-order chi connectivity index (χ1) is 11.0. The second kappa shape index (κ2) is 8.08. The Bertz CT molecular complexity index is 589. The summed E-state index contributed by atoms with van der Waals surface area (Å²) in [5, 5.41) is 13.4. The highest BCUT2D eigenvalue weighted by molar-refractivity contribution is 5.35. The summed E-state index contributed by atoms with van der Waals surface area (Å²) >= 11 is 0. The second-order valence-corrected chi connectivity index (χ2v) is 5.47. The predicted molar refractivity (Wildman–Crippen MR) is 82.4 cm³/mol. The number of para-hydroxylation sites is 1. The van der Waals surface area contributed by atoms with Crippen LogP contribution in [0.25, 0.3) is 0 Å². The molecule has 126 valence electrons. The molecule has 2 N–H and O–H groups in total. The normalized spacial score (nSPS) is 15.4. The minimum Gasteiger partial charge on any atom is -0.467 e. The van der Waals surface area contributed by atoms with Gasteiger partial charge in [0.1, 0.15) is 17.6 Å². The highest BCUT2D eigenvalue weighted by atomic mass is 19.3. The molecule has 6 heteroatoms. The predicted octanol–water partition coefficient (Wildman–Crippen LogP) is 4.04. The van der Waals surface area contributed by atoms with Crippen molar-refractivity contribution >= 4 is 0 Å². The van der Waals surface area contributed by atoms with E-state index in [1.165, 1.54) is 12.3 Å². The molecule has 0 saturated carbocycles. The highest BCUT2D eigenvalue weighted by Crippen LogP contribution is 2.27. The smallest absolute Gasteiger partial charge is 0.387 e. The van der Waals surface area contributed by atoms with Gasteiger partial charge in [0.05, 0.1) is 6.26 Å². The lowest BCUT2D eigenvalue weighted by Crippen LogP contribution is -2.30. The molecule has 0 aliphatic carbocycles. The molecule has 23 heavy (non-hydrogen) atoms. The Morgan fingerprint density at radius 2 is 1.91 bits per heavy atom. The van der Waals surface area contributed by atoms with Gasteiger partial charge in [-0.15, -0.1) is 0 Å². The molecule has 1 heterocycles. The fourth-order valence-corrected chi connectivity index (χ4v) is 2.56. The third kappa shape index (κ3) is 5.04. The molecule has 0 fully saturated rings. The van der Waals surface area contributed by atoms with Crippen LogP contribution in [0, 0.1) is 0 Å². The van der Waals surface area contributed by atoms with Crippen molar-refractivity contribution in [1.29, 1.82) is 0 Å². The van der Waals surface area contributed by atoms with Gasteiger partial charge >= 0.3 is 6.61 Å². The number of nitrogens with one attached hydrogen (secondary N) is 1. The second-order valence-electron chi connectivity index (χ2n) is 5.47. The minimum atomic E-state index is -2.86. The van der Waals surface area contributed by atoms with E-state index in [2.05, 4.69) is 10.1 Å². The summed E-state index contributed by atoms with van der Waals surface area (Å²) in [7, 11) is 0. The lowest BCUT2D eigenvalue weighted by atomic mass is 10.0. The van der Waals surface area contributed by atoms with Crippen LogP contribution in [0.15, 0.2) is 47.1 Å². The molecule has 1 aromatic heterocycles. The molecular formula is C17H21F2NO3. The molecule has 3 unspecified atom stereocenters. The SMILES string of the molecule is CC(CC(O)c1ccco1)NC(C)c1ccccc1OC(F)F. The van der Waals surface area contributed by atoms with Crippen molar-refractivity contribution in [2.75, 3.05) is 0 Å². The number of aliphatic hydroxyl groups excluding tert-OH is 1. The fraction of sp³-hybridized carbons (Fsp3) is 0.412. The molecule has 0 spiro atoms. The standard InChI is InChI=1S/C17H21F2NO3/c1-11(10-14(21)16-8-5-9-22-16)20-12(2)13-6-3-4-7-15(13)23-17(18)19/h3-9,11-12,14,17,20-21H,10H2,1-2H3. The third-order valence-corrected chi connectivity index (χ3v) is 3.58. The van der Waals surface area contributed by atoms with Gasteiger partial charge in [0.2, 0.25) is 0 Å². The monoisotopic (exact) mass is 325 g/mol. The number of furan rings is 1. The van der Waals surface area contributed by atoms with Gasteiger partial charge in [-0.2, -0.15) is 8.78 Å². The number of halogens is 2. The van der Waals surface area contributed by atoms with Crippen molar-refractivity contribution in [3.05, 3.63) is 54.0 Å². The molecule has 0 amide bonds. The molecule has 3 atom stereocenters. The molecule has 0 radical (unpaired) electrons. The Labute approximate surface area is 134 Å². The number of benzene rings is 1. The molecule has 4 nitrogen and oxygen atoms in total. The Kier molecular flexibility index (Phi) is 6.12. The molecular weight excluding hydrogens is 304 g/mol. The van der Waals surface area contributed by atoms with Crippen molar-refractivity contribution in [1.82, 2.24) is 5.32 Å². The van der Waals surface area contributed by atoms with Crippen LogP contribution in [0.2, 0.25) is 0 Å². The first-order valence-corrected chi connectivity index (χ1v) is 7.48. The van der Waals surface area contributed by atoms with Crippen molar-refractivity contribution in [3.63, 3.8) is 0 Å². The zero-order valence-electron chi connectivity index (χ0n) is 13.1. The Morgan fingerprint density at radius 1 is 1.17 bits per heavy atom. The van der Waals surface area contributed by atoms with E-state index < -0.39 is 12.7 Å². The van der Waals surface area contributed by atoms with Crippen LogP contribution < -0.4 is 10.1 Å². The average molecular weight is 325 g/mol. The van der Waals surface area contributed by atoms with E-state index in [0.717, 1.165) is 0 Å². The van der Waals surface area contributed by atoms with Crippen LogP contribution >= 0.6 is 0 Å². The van der Waals surface area contributed by atoms with Gasteiger partial charge in [-0.25, -0.2) is 0 Å². The van der Waals surface area contributed by atoms with Gasteiger partial charge in [0.25, 0.3) is 0 Å². The topological polar surface area (TPSA) is 54.6 Å². The van der Waals surface area contributed by atoms with Crippen LogP contribution in [-0.4, -0.2) is 17.8 Å². The van der Waals surface area contributed by atoms with Crippen molar-refractivity contribution < 1.29 is 23.0 Å². The van der Waals surface area contributed by atoms with Gasteiger partial charge in [-0.1, -0.05) is 18.2 Å². The number of alkyl halides is 2. The molecule has 2 rings (SSSR count). The molecule has 0 aliphatic heterocycles. The maximum Gasteiger partial charge on any atom is 0.387 e. The summed E-state index contributed by atoms with van der Waals surface area (Å²) in [5.41, 5.74) is 0.645. The average Bonchev–Trinajstić information content (AvgIpc) is 3.01. The first kappa shape index (κ1) is 17.4. The number of aliphatic hydroxyl groups is 1. The maximum atomic E-state index is 12.5. The Morgan fingerprint density at radius 3 is 2.57 bits per heavy atom. The Balaban J connectivity index is 1.97. The summed E-state index contributed by atoms with van der Waals surface area (Å²) < 4.78 is 34.7. The lowest BCUT2D eigenvalue weighted by Gasteiger charge is -2.23. The Hall–Kier alpha value is -1.92. The van der Waals surface area contributed by atoms with E-state index in [9.17, 15) is 13.9 Å². The van der Waals surface area contributed by atoms with Crippen LogP contribution in [0.5, 0.6) is 5.75 Å². The zero-order chi connectivity index (χ0) is 16.8. The van der Waals surface area contributed by atoms with Gasteiger partial charge in [0, 0.05) is 17.6 Å². The van der Waals surface area contributed by atoms with Crippen LogP contribution in [0.1, 0.15) is 43.7 Å². The summed E-state index contributed by atoms with van der Waals surface area (Å²) in [6.45, 7) is 0.921. The molecule has 0 saturated heterocycles. The van der Waals surface area contributed by atoms with E-state index in [0.29, 0.717) is 17.7 Å². The highest BCUT2D eigenvalue weighted by Gasteiger charge is 2.19. The first-order valence-electron chi connectivity index (χ1n) is 7.48. The quantitative estimate of drug-likeness (QED) is 0.769. The summed E-state index contributed by atoms with van der Waals surface area (Å²) in [4.78, 5) is 0. The van der Waals surface area contributed by atoms with Crippen molar-refractivity contribution in [2.24, 2.45) is 0 Å². The summed E-state index contributed by atoms with van der Waals surface area (Å²) in [6.07, 6.45) is 1.24. The number of hydrogen-bond donors (Lipinski definition) is 2. The van der Waals surface area contributed by atoms with E-state index in [-0.39, 0.29) is 17.8 Å².